The Morgan fingerprint density at radius 1 is 1.39 bits per heavy atom. The lowest BCUT2D eigenvalue weighted by Gasteiger charge is -2.22. The molecule has 0 radical (unpaired) electrons. The van der Waals surface area contributed by atoms with E-state index in [0.717, 1.165) is 12.3 Å². The summed E-state index contributed by atoms with van der Waals surface area (Å²) in [5.41, 5.74) is 4.47. The molecule has 1 aliphatic carbocycles. The third-order valence-electron chi connectivity index (χ3n) is 4.22. The van der Waals surface area contributed by atoms with Gasteiger partial charge in [-0.05, 0) is 53.5 Å². The van der Waals surface area contributed by atoms with Gasteiger partial charge < -0.3 is 0 Å². The van der Waals surface area contributed by atoms with Crippen LogP contribution in [0.15, 0.2) is 29.6 Å². The van der Waals surface area contributed by atoms with Crippen molar-refractivity contribution in [3.05, 3.63) is 35.2 Å². The van der Waals surface area contributed by atoms with Crippen molar-refractivity contribution in [2.45, 2.75) is 32.2 Å². The minimum absolute atomic E-state index is 0.399. The Morgan fingerprint density at radius 2 is 2.17 bits per heavy atom. The Bertz CT molecular complexity index is 530. The number of hydrogen-bond donors (Lipinski definition) is 2. The predicted molar refractivity (Wildman–Crippen MR) is 78.5 cm³/mol. The highest BCUT2D eigenvalue weighted by molar-refractivity contribution is 7.17. The van der Waals surface area contributed by atoms with Crippen LogP contribution in [0.1, 0.15) is 25.3 Å². The second kappa shape index (κ2) is 5.00. The van der Waals surface area contributed by atoms with Crippen LogP contribution in [0.4, 0.5) is 0 Å². The maximum absolute atomic E-state index is 5.75. The van der Waals surface area contributed by atoms with E-state index < -0.39 is 0 Å². The molecule has 0 saturated heterocycles. The normalized spacial score (nSPS) is 19.0. The minimum atomic E-state index is 0.399. The number of fused-ring (bicyclic) bond motifs is 1. The van der Waals surface area contributed by atoms with Gasteiger partial charge in [-0.25, -0.2) is 0 Å². The SMILES string of the molecule is CC(C1CC1)C(Cc1csc2ccccc12)NN. The maximum Gasteiger partial charge on any atom is 0.0345 e. The molecule has 2 unspecified atom stereocenters. The third-order valence-corrected chi connectivity index (χ3v) is 5.23. The molecule has 96 valence electrons. The first-order valence-corrected chi connectivity index (χ1v) is 7.59. The molecule has 1 aromatic carbocycles. The van der Waals surface area contributed by atoms with Gasteiger partial charge in [0.1, 0.15) is 0 Å². The van der Waals surface area contributed by atoms with Crippen molar-refractivity contribution >= 4 is 21.4 Å². The molecule has 0 spiro atoms. The summed E-state index contributed by atoms with van der Waals surface area (Å²) in [6.07, 6.45) is 3.80. The first-order valence-electron chi connectivity index (χ1n) is 6.71. The Labute approximate surface area is 112 Å². The number of benzene rings is 1. The number of thiophene rings is 1. The van der Waals surface area contributed by atoms with E-state index in [2.05, 4.69) is 42.0 Å². The van der Waals surface area contributed by atoms with Crippen LogP contribution in [0.25, 0.3) is 10.1 Å². The zero-order valence-electron chi connectivity index (χ0n) is 10.7. The molecule has 1 aromatic heterocycles. The lowest BCUT2D eigenvalue weighted by Crippen LogP contribution is -2.42. The van der Waals surface area contributed by atoms with Crippen LogP contribution in [0, 0.1) is 11.8 Å². The topological polar surface area (TPSA) is 38.0 Å². The van der Waals surface area contributed by atoms with Crippen LogP contribution < -0.4 is 11.3 Å². The van der Waals surface area contributed by atoms with Gasteiger partial charge in [-0.3, -0.25) is 11.3 Å². The molecule has 3 N–H and O–H groups in total. The summed E-state index contributed by atoms with van der Waals surface area (Å²) in [7, 11) is 0. The summed E-state index contributed by atoms with van der Waals surface area (Å²) in [5.74, 6) is 7.31. The molecular weight excluding hydrogens is 240 g/mol. The molecule has 0 amide bonds. The summed E-state index contributed by atoms with van der Waals surface area (Å²) < 4.78 is 1.38. The number of hydrogen-bond acceptors (Lipinski definition) is 3. The molecule has 1 heterocycles. The van der Waals surface area contributed by atoms with Crippen LogP contribution in [-0.4, -0.2) is 6.04 Å². The van der Waals surface area contributed by atoms with Crippen molar-refractivity contribution in [1.29, 1.82) is 0 Å². The van der Waals surface area contributed by atoms with Crippen LogP contribution in [0.2, 0.25) is 0 Å². The summed E-state index contributed by atoms with van der Waals surface area (Å²) >= 11 is 1.83. The van der Waals surface area contributed by atoms with Crippen LogP contribution in [0.5, 0.6) is 0 Å². The van der Waals surface area contributed by atoms with E-state index >= 15 is 0 Å². The van der Waals surface area contributed by atoms with Crippen molar-refractivity contribution in [1.82, 2.24) is 5.43 Å². The minimum Gasteiger partial charge on any atom is -0.271 e. The van der Waals surface area contributed by atoms with E-state index in [-0.39, 0.29) is 0 Å². The molecule has 1 aliphatic rings. The summed E-state index contributed by atoms with van der Waals surface area (Å²) in [6.45, 7) is 2.33. The van der Waals surface area contributed by atoms with Gasteiger partial charge in [0.15, 0.2) is 0 Å². The summed E-state index contributed by atoms with van der Waals surface area (Å²) in [4.78, 5) is 0. The van der Waals surface area contributed by atoms with Gasteiger partial charge in [0, 0.05) is 10.7 Å². The molecule has 2 nitrogen and oxygen atoms in total. The van der Waals surface area contributed by atoms with Crippen LogP contribution in [0.3, 0.4) is 0 Å². The van der Waals surface area contributed by atoms with Crippen molar-refractivity contribution in [2.75, 3.05) is 0 Å². The predicted octanol–water partition coefficient (Wildman–Crippen LogP) is 3.32. The van der Waals surface area contributed by atoms with E-state index in [9.17, 15) is 0 Å². The molecule has 1 saturated carbocycles. The van der Waals surface area contributed by atoms with Gasteiger partial charge in [-0.15, -0.1) is 11.3 Å². The molecular formula is C15H20N2S. The molecule has 0 bridgehead atoms. The smallest absolute Gasteiger partial charge is 0.0345 e. The second-order valence-corrected chi connectivity index (χ2v) is 6.34. The Hall–Kier alpha value is -0.900. The summed E-state index contributed by atoms with van der Waals surface area (Å²) in [5, 5.41) is 3.68. The van der Waals surface area contributed by atoms with Crippen LogP contribution >= 0.6 is 11.3 Å². The zero-order chi connectivity index (χ0) is 12.5. The maximum atomic E-state index is 5.75. The number of nitrogens with two attached hydrogens (primary N) is 1. The standard InChI is InChI=1S/C15H20N2S/c1-10(11-6-7-11)14(17-16)8-12-9-18-15-5-3-2-4-13(12)15/h2-5,9-11,14,17H,6-8,16H2,1H3. The Balaban J connectivity index is 1.81. The number of rotatable bonds is 5. The fourth-order valence-electron chi connectivity index (χ4n) is 2.77. The third kappa shape index (κ3) is 2.30. The Morgan fingerprint density at radius 3 is 2.89 bits per heavy atom. The van der Waals surface area contributed by atoms with Crippen molar-refractivity contribution in [3.8, 4) is 0 Å². The first-order chi connectivity index (χ1) is 8.79. The fraction of sp³-hybridized carbons (Fsp3) is 0.467. The van der Waals surface area contributed by atoms with Gasteiger partial charge in [0.2, 0.25) is 0 Å². The second-order valence-electron chi connectivity index (χ2n) is 5.43. The highest BCUT2D eigenvalue weighted by atomic mass is 32.1. The highest BCUT2D eigenvalue weighted by Gasteiger charge is 2.33. The van der Waals surface area contributed by atoms with E-state index in [1.54, 1.807) is 0 Å². The van der Waals surface area contributed by atoms with Crippen LogP contribution in [-0.2, 0) is 6.42 Å². The van der Waals surface area contributed by atoms with E-state index in [4.69, 9.17) is 5.84 Å². The summed E-state index contributed by atoms with van der Waals surface area (Å²) in [6, 6.07) is 9.03. The monoisotopic (exact) mass is 260 g/mol. The lowest BCUT2D eigenvalue weighted by molar-refractivity contribution is 0.344. The van der Waals surface area contributed by atoms with Gasteiger partial charge in [-0.2, -0.15) is 0 Å². The van der Waals surface area contributed by atoms with Gasteiger partial charge in [0.05, 0.1) is 0 Å². The van der Waals surface area contributed by atoms with Crippen molar-refractivity contribution in [3.63, 3.8) is 0 Å². The molecule has 3 rings (SSSR count). The van der Waals surface area contributed by atoms with Crippen molar-refractivity contribution < 1.29 is 0 Å². The number of nitrogens with one attached hydrogen (secondary N) is 1. The highest BCUT2D eigenvalue weighted by Crippen LogP contribution is 2.39. The Kier molecular flexibility index (Phi) is 3.37. The molecule has 18 heavy (non-hydrogen) atoms. The average Bonchev–Trinajstić information content (AvgIpc) is 3.17. The van der Waals surface area contributed by atoms with Crippen molar-refractivity contribution in [2.24, 2.45) is 17.7 Å². The quantitative estimate of drug-likeness (QED) is 0.639. The van der Waals surface area contributed by atoms with Gasteiger partial charge >= 0.3 is 0 Å². The average molecular weight is 260 g/mol. The first kappa shape index (κ1) is 12.2. The molecule has 3 heteroatoms. The van der Waals surface area contributed by atoms with Gasteiger partial charge in [0.25, 0.3) is 0 Å². The number of hydrazine groups is 1. The zero-order valence-corrected chi connectivity index (χ0v) is 11.5. The molecule has 2 atom stereocenters. The van der Waals surface area contributed by atoms with E-state index in [0.29, 0.717) is 12.0 Å². The molecule has 0 aliphatic heterocycles. The van der Waals surface area contributed by atoms with E-state index in [1.165, 1.54) is 28.5 Å². The molecule has 1 fully saturated rings. The molecule has 2 aromatic rings. The fourth-order valence-corrected chi connectivity index (χ4v) is 3.75. The van der Waals surface area contributed by atoms with E-state index in [1.807, 2.05) is 11.3 Å². The largest absolute Gasteiger partial charge is 0.271 e. The van der Waals surface area contributed by atoms with Gasteiger partial charge in [-0.1, -0.05) is 25.1 Å². The lowest BCUT2D eigenvalue weighted by atomic mass is 9.91.